The number of benzene rings is 2. The van der Waals surface area contributed by atoms with Crippen LogP contribution >= 0.6 is 0 Å². The van der Waals surface area contributed by atoms with E-state index in [4.69, 9.17) is 5.26 Å². The first-order valence-corrected chi connectivity index (χ1v) is 8.86. The van der Waals surface area contributed by atoms with E-state index in [9.17, 15) is 14.7 Å². The molecule has 0 spiro atoms. The molecule has 0 aliphatic carbocycles. The Morgan fingerprint density at radius 3 is 2.85 bits per heavy atom. The molecule has 0 saturated carbocycles. The van der Waals surface area contributed by atoms with Crippen molar-refractivity contribution in [2.75, 3.05) is 19.7 Å². The summed E-state index contributed by atoms with van der Waals surface area (Å²) in [5, 5.41) is 21.0. The van der Waals surface area contributed by atoms with Gasteiger partial charge in [-0.25, -0.2) is 0 Å². The van der Waals surface area contributed by atoms with Gasteiger partial charge in [0, 0.05) is 25.3 Å². The number of aryl methyl sites for hydroxylation is 1. The number of piperazine rings is 1. The van der Waals surface area contributed by atoms with Crippen LogP contribution in [0.15, 0.2) is 42.5 Å². The number of nitrogens with zero attached hydrogens (tertiary/aromatic N) is 2. The second-order valence-corrected chi connectivity index (χ2v) is 6.54. The van der Waals surface area contributed by atoms with Crippen LogP contribution in [0.1, 0.15) is 27.9 Å². The van der Waals surface area contributed by atoms with Crippen LogP contribution in [0.2, 0.25) is 0 Å². The van der Waals surface area contributed by atoms with E-state index in [1.165, 1.54) is 4.90 Å². The minimum Gasteiger partial charge on any atom is -0.396 e. The predicted octanol–water partition coefficient (Wildman–Crippen LogP) is 1.86. The zero-order valence-corrected chi connectivity index (χ0v) is 15.1. The molecule has 2 aromatic carbocycles. The molecule has 138 valence electrons. The van der Waals surface area contributed by atoms with Gasteiger partial charge >= 0.3 is 0 Å². The van der Waals surface area contributed by atoms with Gasteiger partial charge in [-0.2, -0.15) is 5.26 Å². The molecule has 6 heteroatoms. The molecule has 0 bridgehead atoms. The van der Waals surface area contributed by atoms with Crippen molar-refractivity contribution in [3.8, 4) is 17.2 Å². The lowest BCUT2D eigenvalue weighted by molar-refractivity contribution is -0.128. The van der Waals surface area contributed by atoms with E-state index in [0.717, 1.165) is 16.7 Å². The number of aliphatic hydroxyl groups excluding tert-OH is 1. The molecule has 1 atom stereocenters. The molecule has 2 aromatic rings. The first-order chi connectivity index (χ1) is 13.0. The summed E-state index contributed by atoms with van der Waals surface area (Å²) in [6, 6.07) is 14.2. The van der Waals surface area contributed by atoms with Crippen molar-refractivity contribution >= 4 is 11.8 Å². The Labute approximate surface area is 158 Å². The van der Waals surface area contributed by atoms with Crippen LogP contribution < -0.4 is 5.32 Å². The Morgan fingerprint density at radius 2 is 2.15 bits per heavy atom. The summed E-state index contributed by atoms with van der Waals surface area (Å²) in [5.74, 6) is -0.459. The fraction of sp³-hybridized carbons (Fsp3) is 0.286. The summed E-state index contributed by atoms with van der Waals surface area (Å²) in [6.07, 6.45) is 0.214. The number of aliphatic hydroxyl groups is 1. The zero-order valence-electron chi connectivity index (χ0n) is 15.1. The third-order valence-electron chi connectivity index (χ3n) is 4.77. The first kappa shape index (κ1) is 18.6. The average molecular weight is 363 g/mol. The van der Waals surface area contributed by atoms with Crippen LogP contribution in [0, 0.1) is 18.3 Å². The van der Waals surface area contributed by atoms with Crippen molar-refractivity contribution < 1.29 is 14.7 Å². The molecule has 6 nitrogen and oxygen atoms in total. The number of rotatable bonds is 4. The second-order valence-electron chi connectivity index (χ2n) is 6.54. The standard InChI is InChI=1S/C21H21N3O3/c1-14-11-15(13-22)5-6-18(14)16-3-2-4-17(12-16)21(27)24-9-8-23-20(26)19(24)7-10-25/h2-6,11-12,19,25H,7-10H2,1H3,(H,23,26)/t19-/m1/s1. The van der Waals surface area contributed by atoms with Gasteiger partial charge < -0.3 is 15.3 Å². The fourth-order valence-electron chi connectivity index (χ4n) is 3.41. The molecule has 1 aliphatic rings. The molecule has 1 aliphatic heterocycles. The Morgan fingerprint density at radius 1 is 1.33 bits per heavy atom. The van der Waals surface area contributed by atoms with E-state index in [2.05, 4.69) is 11.4 Å². The van der Waals surface area contributed by atoms with E-state index in [-0.39, 0.29) is 24.8 Å². The molecule has 27 heavy (non-hydrogen) atoms. The second kappa shape index (κ2) is 8.02. The van der Waals surface area contributed by atoms with Crippen LogP contribution in [0.5, 0.6) is 0 Å². The Bertz CT molecular complexity index is 917. The fourth-order valence-corrected chi connectivity index (χ4v) is 3.41. The highest BCUT2D eigenvalue weighted by Gasteiger charge is 2.33. The number of hydrogen-bond donors (Lipinski definition) is 2. The van der Waals surface area contributed by atoms with Crippen molar-refractivity contribution in [2.45, 2.75) is 19.4 Å². The highest BCUT2D eigenvalue weighted by molar-refractivity contribution is 5.99. The van der Waals surface area contributed by atoms with Gasteiger partial charge in [0.1, 0.15) is 6.04 Å². The molecule has 0 radical (unpaired) electrons. The number of nitriles is 1. The molecule has 1 fully saturated rings. The average Bonchev–Trinajstić information content (AvgIpc) is 2.69. The smallest absolute Gasteiger partial charge is 0.254 e. The van der Waals surface area contributed by atoms with Gasteiger partial charge in [-0.3, -0.25) is 9.59 Å². The van der Waals surface area contributed by atoms with Crippen LogP contribution in [0.25, 0.3) is 11.1 Å². The van der Waals surface area contributed by atoms with E-state index in [1.54, 1.807) is 18.2 Å². The van der Waals surface area contributed by atoms with Crippen LogP contribution in [-0.4, -0.2) is 47.6 Å². The maximum absolute atomic E-state index is 13.0. The quantitative estimate of drug-likeness (QED) is 0.867. The molecule has 1 saturated heterocycles. The molecule has 2 amide bonds. The minimum atomic E-state index is -0.656. The number of carbonyl (C=O) groups excluding carboxylic acids is 2. The maximum Gasteiger partial charge on any atom is 0.254 e. The van der Waals surface area contributed by atoms with Crippen molar-refractivity contribution in [2.24, 2.45) is 0 Å². The van der Waals surface area contributed by atoms with Gasteiger partial charge in [-0.1, -0.05) is 18.2 Å². The molecule has 0 aromatic heterocycles. The van der Waals surface area contributed by atoms with Crippen LogP contribution in [-0.2, 0) is 4.79 Å². The van der Waals surface area contributed by atoms with E-state index in [0.29, 0.717) is 24.2 Å². The van der Waals surface area contributed by atoms with Gasteiger partial charge in [-0.15, -0.1) is 0 Å². The molecule has 0 unspecified atom stereocenters. The van der Waals surface area contributed by atoms with Crippen molar-refractivity contribution in [1.29, 1.82) is 5.26 Å². The summed E-state index contributed by atoms with van der Waals surface area (Å²) in [4.78, 5) is 26.6. The van der Waals surface area contributed by atoms with Crippen LogP contribution in [0.4, 0.5) is 0 Å². The highest BCUT2D eigenvalue weighted by Crippen LogP contribution is 2.26. The largest absolute Gasteiger partial charge is 0.396 e. The Kier molecular flexibility index (Phi) is 5.53. The lowest BCUT2D eigenvalue weighted by Crippen LogP contribution is -2.57. The van der Waals surface area contributed by atoms with Gasteiger partial charge in [0.25, 0.3) is 5.91 Å². The molecule has 3 rings (SSSR count). The third-order valence-corrected chi connectivity index (χ3v) is 4.77. The Hall–Kier alpha value is -3.17. The molecule has 1 heterocycles. The van der Waals surface area contributed by atoms with E-state index < -0.39 is 6.04 Å². The predicted molar refractivity (Wildman–Crippen MR) is 101 cm³/mol. The third kappa shape index (κ3) is 3.83. The van der Waals surface area contributed by atoms with Crippen molar-refractivity contribution in [1.82, 2.24) is 10.2 Å². The number of carbonyl (C=O) groups is 2. The summed E-state index contributed by atoms with van der Waals surface area (Å²) in [7, 11) is 0. The topological polar surface area (TPSA) is 93.4 Å². The van der Waals surface area contributed by atoms with E-state index >= 15 is 0 Å². The van der Waals surface area contributed by atoms with Crippen molar-refractivity contribution in [3.05, 3.63) is 59.2 Å². The minimum absolute atomic E-state index is 0.160. The summed E-state index contributed by atoms with van der Waals surface area (Å²) in [5.41, 5.74) is 3.87. The number of amides is 2. The maximum atomic E-state index is 13.0. The number of hydrogen-bond acceptors (Lipinski definition) is 4. The van der Waals surface area contributed by atoms with Crippen molar-refractivity contribution in [3.63, 3.8) is 0 Å². The molecular formula is C21H21N3O3. The molecular weight excluding hydrogens is 342 g/mol. The summed E-state index contributed by atoms with van der Waals surface area (Å²) in [6.45, 7) is 2.58. The monoisotopic (exact) mass is 363 g/mol. The highest BCUT2D eigenvalue weighted by atomic mass is 16.3. The van der Waals surface area contributed by atoms with Gasteiger partial charge in [-0.05, 0) is 54.3 Å². The van der Waals surface area contributed by atoms with Crippen LogP contribution in [0.3, 0.4) is 0 Å². The SMILES string of the molecule is Cc1cc(C#N)ccc1-c1cccc(C(=O)N2CCNC(=O)[C@H]2CCO)c1. The summed E-state index contributed by atoms with van der Waals surface area (Å²) < 4.78 is 0. The van der Waals surface area contributed by atoms with Gasteiger partial charge in [0.05, 0.1) is 11.6 Å². The van der Waals surface area contributed by atoms with Gasteiger partial charge in [0.15, 0.2) is 0 Å². The molecule has 2 N–H and O–H groups in total. The van der Waals surface area contributed by atoms with E-state index in [1.807, 2.05) is 31.2 Å². The Balaban J connectivity index is 1.92. The lowest BCUT2D eigenvalue weighted by Gasteiger charge is -2.35. The summed E-state index contributed by atoms with van der Waals surface area (Å²) >= 11 is 0. The lowest BCUT2D eigenvalue weighted by atomic mass is 9.96. The number of nitrogens with one attached hydrogen (secondary N) is 1. The zero-order chi connectivity index (χ0) is 19.4. The normalized spacial score (nSPS) is 16.6. The first-order valence-electron chi connectivity index (χ1n) is 8.86. The van der Waals surface area contributed by atoms with Gasteiger partial charge in [0.2, 0.25) is 5.91 Å².